The minimum absolute atomic E-state index is 0.178. The summed E-state index contributed by atoms with van der Waals surface area (Å²) in [4.78, 5) is 0. The lowest BCUT2D eigenvalue weighted by Gasteiger charge is -1.80. The van der Waals surface area contributed by atoms with Crippen LogP contribution in [-0.2, 0) is 0 Å². The zero-order valence-corrected chi connectivity index (χ0v) is 6.88. The summed E-state index contributed by atoms with van der Waals surface area (Å²) in [7, 11) is 0. The number of halogens is 2. The predicted molar refractivity (Wildman–Crippen MR) is 38.7 cm³/mol. The van der Waals surface area contributed by atoms with Crippen LogP contribution < -0.4 is 0 Å². The van der Waals surface area contributed by atoms with Gasteiger partial charge in [0.1, 0.15) is 9.21 Å². The van der Waals surface area contributed by atoms with Crippen molar-refractivity contribution in [3.63, 3.8) is 0 Å². The van der Waals surface area contributed by atoms with Gasteiger partial charge in [-0.2, -0.15) is 5.10 Å². The highest BCUT2D eigenvalue weighted by molar-refractivity contribution is 9.11. The van der Waals surface area contributed by atoms with E-state index in [-0.39, 0.29) is 5.56 Å². The Kier molecular flexibility index (Phi) is 0.921. The first-order chi connectivity index (χ1) is 4.93. The Hall–Kier alpha value is 0.170. The van der Waals surface area contributed by atoms with Gasteiger partial charge in [-0.3, -0.25) is 5.10 Å². The molecule has 0 bridgehead atoms. The zero-order chi connectivity index (χ0) is 8.65. The first-order valence-electron chi connectivity index (χ1n) is 3.33. The SMILES string of the molecule is [2H]C([2H])([2H])c1c(Br)n[nH]c1Br. The highest BCUT2D eigenvalue weighted by Crippen LogP contribution is 2.19. The number of H-pyrrole nitrogens is 1. The molecule has 0 aliphatic carbocycles. The molecule has 1 aromatic rings. The van der Waals surface area contributed by atoms with Crippen molar-refractivity contribution in [1.82, 2.24) is 10.2 Å². The van der Waals surface area contributed by atoms with Gasteiger partial charge in [0, 0.05) is 9.68 Å². The number of nitrogens with zero attached hydrogens (tertiary/aromatic N) is 1. The summed E-state index contributed by atoms with van der Waals surface area (Å²) in [6.45, 7) is -2.13. The number of hydrogen-bond donors (Lipinski definition) is 1. The van der Waals surface area contributed by atoms with Crippen molar-refractivity contribution < 1.29 is 4.11 Å². The van der Waals surface area contributed by atoms with Crippen LogP contribution in [0, 0.1) is 6.85 Å². The Labute approximate surface area is 68.1 Å². The van der Waals surface area contributed by atoms with Gasteiger partial charge in [0.15, 0.2) is 0 Å². The monoisotopic (exact) mass is 241 g/mol. The van der Waals surface area contributed by atoms with Crippen molar-refractivity contribution >= 4 is 31.9 Å². The van der Waals surface area contributed by atoms with E-state index in [4.69, 9.17) is 4.11 Å². The van der Waals surface area contributed by atoms with Crippen molar-refractivity contribution in [1.29, 1.82) is 0 Å². The number of hydrogen-bond acceptors (Lipinski definition) is 1. The molecule has 0 amide bonds. The normalized spacial score (nSPS) is 17.0. The second-order valence-electron chi connectivity index (χ2n) is 1.20. The highest BCUT2D eigenvalue weighted by atomic mass is 79.9. The average molecular weight is 243 g/mol. The van der Waals surface area contributed by atoms with Gasteiger partial charge in [-0.25, -0.2) is 0 Å². The van der Waals surface area contributed by atoms with Crippen LogP contribution in [0.3, 0.4) is 0 Å². The van der Waals surface area contributed by atoms with E-state index in [1.807, 2.05) is 0 Å². The van der Waals surface area contributed by atoms with Crippen LogP contribution in [0.5, 0.6) is 0 Å². The average Bonchev–Trinajstić information content (AvgIpc) is 2.08. The first kappa shape index (κ1) is 3.37. The smallest absolute Gasteiger partial charge is 0.131 e. The van der Waals surface area contributed by atoms with Gasteiger partial charge in [0.25, 0.3) is 0 Å². The molecule has 1 heterocycles. The highest BCUT2D eigenvalue weighted by Gasteiger charge is 2.00. The molecule has 0 spiro atoms. The molecular weight excluding hydrogens is 236 g/mol. The quantitative estimate of drug-likeness (QED) is 0.743. The van der Waals surface area contributed by atoms with Crippen LogP contribution >= 0.6 is 31.9 Å². The Morgan fingerprint density at radius 2 is 2.50 bits per heavy atom. The van der Waals surface area contributed by atoms with Gasteiger partial charge in [0.2, 0.25) is 0 Å². The van der Waals surface area contributed by atoms with Crippen molar-refractivity contribution in [3.05, 3.63) is 14.8 Å². The fourth-order valence-electron chi connectivity index (χ4n) is 0.301. The van der Waals surface area contributed by atoms with Gasteiger partial charge >= 0.3 is 0 Å². The van der Waals surface area contributed by atoms with Crippen molar-refractivity contribution in [3.8, 4) is 0 Å². The maximum atomic E-state index is 7.08. The van der Waals surface area contributed by atoms with Crippen molar-refractivity contribution in [2.24, 2.45) is 0 Å². The topological polar surface area (TPSA) is 28.7 Å². The van der Waals surface area contributed by atoms with E-state index >= 15 is 0 Å². The molecule has 1 aromatic heterocycles. The lowest BCUT2D eigenvalue weighted by atomic mass is 10.4. The zero-order valence-electron chi connectivity index (χ0n) is 6.70. The van der Waals surface area contributed by atoms with E-state index in [0.717, 1.165) is 0 Å². The second kappa shape index (κ2) is 2.19. The number of aromatic amines is 1. The second-order valence-corrected chi connectivity index (χ2v) is 2.75. The molecule has 44 valence electrons. The first-order valence-corrected chi connectivity index (χ1v) is 3.41. The molecule has 1 rings (SSSR count). The van der Waals surface area contributed by atoms with Gasteiger partial charge in [-0.1, -0.05) is 0 Å². The van der Waals surface area contributed by atoms with Gasteiger partial charge in [-0.15, -0.1) is 0 Å². The predicted octanol–water partition coefficient (Wildman–Crippen LogP) is 2.24. The molecule has 0 aromatic carbocycles. The Morgan fingerprint density at radius 1 is 1.75 bits per heavy atom. The van der Waals surface area contributed by atoms with Crippen LogP contribution in [0.2, 0.25) is 0 Å². The fraction of sp³-hybridized carbons (Fsp3) is 0.250. The molecule has 0 saturated heterocycles. The number of rotatable bonds is 0. The lowest BCUT2D eigenvalue weighted by molar-refractivity contribution is 1.05. The van der Waals surface area contributed by atoms with Crippen LogP contribution in [-0.4, -0.2) is 10.2 Å². The molecule has 0 aliphatic rings. The summed E-state index contributed by atoms with van der Waals surface area (Å²) < 4.78 is 22.0. The maximum Gasteiger partial charge on any atom is 0.131 e. The molecule has 0 radical (unpaired) electrons. The van der Waals surface area contributed by atoms with Crippen LogP contribution in [0.25, 0.3) is 0 Å². The van der Waals surface area contributed by atoms with Gasteiger partial charge < -0.3 is 0 Å². The summed E-state index contributed by atoms with van der Waals surface area (Å²) in [5, 5.41) is 6.17. The molecule has 0 saturated carbocycles. The summed E-state index contributed by atoms with van der Waals surface area (Å²) >= 11 is 6.07. The third-order valence-electron chi connectivity index (χ3n) is 0.678. The minimum Gasteiger partial charge on any atom is -0.270 e. The molecule has 4 heteroatoms. The summed E-state index contributed by atoms with van der Waals surface area (Å²) in [6, 6.07) is 0. The molecule has 0 atom stereocenters. The number of aromatic nitrogens is 2. The molecule has 0 fully saturated rings. The van der Waals surface area contributed by atoms with E-state index in [2.05, 4.69) is 42.1 Å². The van der Waals surface area contributed by atoms with Crippen molar-refractivity contribution in [2.75, 3.05) is 0 Å². The van der Waals surface area contributed by atoms with Gasteiger partial charge in [-0.05, 0) is 38.7 Å². The van der Waals surface area contributed by atoms with E-state index in [1.165, 1.54) is 0 Å². The van der Waals surface area contributed by atoms with Crippen LogP contribution in [0.4, 0.5) is 0 Å². The van der Waals surface area contributed by atoms with Gasteiger partial charge in [0.05, 0.1) is 0 Å². The van der Waals surface area contributed by atoms with E-state index in [1.54, 1.807) is 0 Å². The third kappa shape index (κ3) is 0.951. The summed E-state index contributed by atoms with van der Waals surface area (Å²) in [6.07, 6.45) is 0. The molecule has 1 N–H and O–H groups in total. The van der Waals surface area contributed by atoms with E-state index in [0.29, 0.717) is 9.21 Å². The molecule has 0 unspecified atom stereocenters. The van der Waals surface area contributed by atoms with E-state index < -0.39 is 6.85 Å². The standard InChI is InChI=1S/C4H4Br2N2/c1-2-3(5)7-8-4(2)6/h1H3,(H,7,8)/i1D3. The molecular formula is C4H4Br2N2. The number of nitrogens with one attached hydrogen (secondary N) is 1. The summed E-state index contributed by atoms with van der Waals surface area (Å²) in [5.41, 5.74) is 0.178. The minimum atomic E-state index is -2.13. The van der Waals surface area contributed by atoms with Crippen molar-refractivity contribution in [2.45, 2.75) is 6.85 Å². The lowest BCUT2D eigenvalue weighted by Crippen LogP contribution is -1.64. The molecule has 2 nitrogen and oxygen atoms in total. The van der Waals surface area contributed by atoms with Crippen LogP contribution in [0.15, 0.2) is 9.21 Å². The Morgan fingerprint density at radius 3 is 2.75 bits per heavy atom. The van der Waals surface area contributed by atoms with Crippen LogP contribution in [0.1, 0.15) is 9.68 Å². The Balaban J connectivity index is 3.21. The maximum absolute atomic E-state index is 7.08. The van der Waals surface area contributed by atoms with E-state index in [9.17, 15) is 0 Å². The summed E-state index contributed by atoms with van der Waals surface area (Å²) in [5.74, 6) is 0. The molecule has 8 heavy (non-hydrogen) atoms. The Bertz CT molecular complexity index is 247. The fourth-order valence-corrected chi connectivity index (χ4v) is 1.13. The third-order valence-corrected chi connectivity index (χ3v) is 1.83. The molecule has 0 aliphatic heterocycles. The largest absolute Gasteiger partial charge is 0.270 e.